The highest BCUT2D eigenvalue weighted by molar-refractivity contribution is 6.22. The first-order valence-corrected chi connectivity index (χ1v) is 29.3. The van der Waals surface area contributed by atoms with Gasteiger partial charge in [-0.1, -0.05) is 260 Å². The van der Waals surface area contributed by atoms with E-state index >= 15 is 0 Å². The van der Waals surface area contributed by atoms with Gasteiger partial charge in [0.2, 0.25) is 0 Å². The van der Waals surface area contributed by atoms with Gasteiger partial charge in [0, 0.05) is 22.7 Å². The molecule has 0 saturated carbocycles. The van der Waals surface area contributed by atoms with E-state index in [0.717, 1.165) is 17.1 Å². The maximum absolute atomic E-state index is 2.52. The van der Waals surface area contributed by atoms with Crippen LogP contribution in [0.4, 0.5) is 17.1 Å². The molecule has 84 heavy (non-hydrogen) atoms. The van der Waals surface area contributed by atoms with Gasteiger partial charge < -0.3 is 4.90 Å². The van der Waals surface area contributed by atoms with E-state index in [0.29, 0.717) is 0 Å². The second-order valence-electron chi connectivity index (χ2n) is 22.7. The lowest BCUT2D eigenvalue weighted by atomic mass is 9.79. The average Bonchev–Trinajstić information content (AvgIpc) is 1.41. The molecule has 0 saturated heterocycles. The van der Waals surface area contributed by atoms with Gasteiger partial charge in [0.05, 0.1) is 5.69 Å². The number of hydrogen-bond acceptors (Lipinski definition) is 1. The predicted molar refractivity (Wildman–Crippen MR) is 359 cm³/mol. The van der Waals surface area contributed by atoms with Crippen molar-refractivity contribution < 1.29 is 0 Å². The number of benzene rings is 14. The molecule has 14 aromatic carbocycles. The maximum Gasteiger partial charge on any atom is 0.0546 e. The number of anilines is 3. The molecular weight excluding hydrogens is 1010 g/mol. The van der Waals surface area contributed by atoms with Gasteiger partial charge in [0.1, 0.15) is 0 Å². The van der Waals surface area contributed by atoms with Crippen molar-refractivity contribution in [2.45, 2.75) is 33.6 Å². The molecular formula is C83H63N. The highest BCUT2D eigenvalue weighted by Crippen LogP contribution is 2.48. The molecule has 0 aliphatic heterocycles. The summed E-state index contributed by atoms with van der Waals surface area (Å²) >= 11 is 0. The van der Waals surface area contributed by atoms with Crippen molar-refractivity contribution >= 4 is 49.4 Å². The minimum atomic E-state index is -0.0372. The zero-order valence-electron chi connectivity index (χ0n) is 47.9. The van der Waals surface area contributed by atoms with Crippen LogP contribution >= 0.6 is 0 Å². The van der Waals surface area contributed by atoms with Crippen LogP contribution in [0, 0.1) is 27.7 Å². The van der Waals surface area contributed by atoms with Crippen LogP contribution in [0.1, 0.15) is 44.9 Å². The molecule has 14 aromatic rings. The smallest absolute Gasteiger partial charge is 0.0546 e. The molecule has 400 valence electrons. The molecule has 0 spiro atoms. The largest absolute Gasteiger partial charge is 0.310 e. The van der Waals surface area contributed by atoms with Crippen molar-refractivity contribution in [2.75, 3.05) is 4.90 Å². The Kier molecular flexibility index (Phi) is 13.7. The molecule has 0 heterocycles. The quantitative estimate of drug-likeness (QED) is 0.0871. The number of rotatable bonds is 12. The highest BCUT2D eigenvalue weighted by atomic mass is 15.1. The molecule has 0 amide bonds. The van der Waals surface area contributed by atoms with Crippen LogP contribution in [-0.4, -0.2) is 0 Å². The van der Waals surface area contributed by atoms with Crippen LogP contribution in [0.15, 0.2) is 303 Å². The van der Waals surface area contributed by atoms with E-state index in [1.165, 1.54) is 138 Å². The molecule has 1 heteroatoms. The van der Waals surface area contributed by atoms with Crippen molar-refractivity contribution in [1.29, 1.82) is 0 Å². The van der Waals surface area contributed by atoms with Gasteiger partial charge in [0.15, 0.2) is 0 Å². The van der Waals surface area contributed by atoms with Crippen molar-refractivity contribution in [1.82, 2.24) is 0 Å². The first kappa shape index (κ1) is 51.8. The first-order valence-electron chi connectivity index (χ1n) is 29.3. The van der Waals surface area contributed by atoms with E-state index in [2.05, 4.69) is 336 Å². The second-order valence-corrected chi connectivity index (χ2v) is 22.7. The van der Waals surface area contributed by atoms with Crippen LogP contribution in [0.3, 0.4) is 0 Å². The Morgan fingerprint density at radius 1 is 0.226 bits per heavy atom. The molecule has 0 N–H and O–H groups in total. The zero-order chi connectivity index (χ0) is 56.7. The Labute approximate surface area is 494 Å². The lowest BCUT2D eigenvalue weighted by Gasteiger charge is -2.30. The molecule has 1 atom stereocenters. The zero-order valence-corrected chi connectivity index (χ0v) is 47.9. The van der Waals surface area contributed by atoms with Gasteiger partial charge in [-0.05, 0) is 204 Å². The average molecular weight is 1070 g/mol. The number of nitrogens with zero attached hydrogens (tertiary/aromatic N) is 1. The van der Waals surface area contributed by atoms with Crippen LogP contribution in [0.25, 0.3) is 99.1 Å². The number of aryl methyl sites for hydroxylation is 4. The molecule has 0 aliphatic rings. The van der Waals surface area contributed by atoms with Gasteiger partial charge in [-0.25, -0.2) is 0 Å². The van der Waals surface area contributed by atoms with Gasteiger partial charge in [-0.2, -0.15) is 0 Å². The Morgan fingerprint density at radius 3 is 1.10 bits per heavy atom. The number of fused-ring (bicyclic) bond motifs is 5. The Hall–Kier alpha value is -10.3. The fraction of sp³-hybridized carbons (Fsp3) is 0.0602. The van der Waals surface area contributed by atoms with Crippen molar-refractivity contribution in [3.05, 3.63) is 342 Å². The summed E-state index contributed by atoms with van der Waals surface area (Å²) in [5.74, 6) is -0.0372. The molecule has 14 rings (SSSR count). The minimum Gasteiger partial charge on any atom is -0.310 e. The molecule has 1 nitrogen and oxygen atoms in total. The Balaban J connectivity index is 0.877. The summed E-state index contributed by atoms with van der Waals surface area (Å²) < 4.78 is 0. The van der Waals surface area contributed by atoms with Crippen LogP contribution in [-0.2, 0) is 0 Å². The minimum absolute atomic E-state index is 0.0372. The molecule has 0 aliphatic carbocycles. The normalized spacial score (nSPS) is 11.8. The van der Waals surface area contributed by atoms with Crippen molar-refractivity contribution in [2.24, 2.45) is 0 Å². The lowest BCUT2D eigenvalue weighted by Crippen LogP contribution is -2.12. The van der Waals surface area contributed by atoms with E-state index in [1.807, 2.05) is 0 Å². The van der Waals surface area contributed by atoms with Crippen molar-refractivity contribution in [3.8, 4) is 66.8 Å². The van der Waals surface area contributed by atoms with Gasteiger partial charge >= 0.3 is 0 Å². The second kappa shape index (κ2) is 22.2. The SMILES string of the molecule is Cc1ccc(C(c2ccc(-c3cccc(-c4cccc(-c5ccccc5)c4)c3)cc2)c2cc3c4ccccc4c(N(c4ccc(-c5cccc(-c6cccc(-c7ccccc7)c6)c5)cc4)c4ccc(C)cc4C)cc3c3ccccc23)c(C)c1. The predicted octanol–water partition coefficient (Wildman–Crippen LogP) is 23.0. The summed E-state index contributed by atoms with van der Waals surface area (Å²) in [6, 6.07) is 113. The topological polar surface area (TPSA) is 3.24 Å². The Bertz CT molecular complexity index is 4440. The lowest BCUT2D eigenvalue weighted by molar-refractivity contribution is 0.973. The van der Waals surface area contributed by atoms with Crippen LogP contribution in [0.5, 0.6) is 0 Å². The summed E-state index contributed by atoms with van der Waals surface area (Å²) in [5, 5.41) is 7.38. The van der Waals surface area contributed by atoms with Crippen LogP contribution < -0.4 is 4.90 Å². The van der Waals surface area contributed by atoms with Gasteiger partial charge in [-0.3, -0.25) is 0 Å². The third-order valence-corrected chi connectivity index (χ3v) is 17.1. The van der Waals surface area contributed by atoms with E-state index in [-0.39, 0.29) is 5.92 Å². The summed E-state index contributed by atoms with van der Waals surface area (Å²) in [4.78, 5) is 2.49. The fourth-order valence-corrected chi connectivity index (χ4v) is 13.0. The third-order valence-electron chi connectivity index (χ3n) is 17.1. The molecule has 1 unspecified atom stereocenters. The van der Waals surface area contributed by atoms with Crippen LogP contribution in [0.2, 0.25) is 0 Å². The molecule has 0 aromatic heterocycles. The first-order chi connectivity index (χ1) is 41.3. The highest BCUT2D eigenvalue weighted by Gasteiger charge is 2.26. The standard InChI is InChI=1S/C83H63N/c1-55-35-45-73(57(3)47-55)83(63-39-37-61(38-40-63)66-25-17-29-70(51-66)68-27-15-23-64(49-68)59-19-7-5-8-20-59)80-53-78-76-33-13-14-34-77(76)82(54-79(78)74-31-11-12-32-75(74)80)84(81-46-36-56(2)48-58(81)4)72-43-41-62(42-44-72)67-26-18-30-71(52-67)69-28-16-24-65(50-69)60-21-9-6-10-22-60/h5-54,83H,1-4H3. The van der Waals surface area contributed by atoms with E-state index < -0.39 is 0 Å². The van der Waals surface area contributed by atoms with Gasteiger partial charge in [0.25, 0.3) is 0 Å². The third kappa shape index (κ3) is 9.95. The summed E-state index contributed by atoms with van der Waals surface area (Å²) in [7, 11) is 0. The number of hydrogen-bond donors (Lipinski definition) is 0. The summed E-state index contributed by atoms with van der Waals surface area (Å²) in [6.45, 7) is 8.91. The molecule has 0 radical (unpaired) electrons. The summed E-state index contributed by atoms with van der Waals surface area (Å²) in [6.07, 6.45) is 0. The summed E-state index contributed by atoms with van der Waals surface area (Å²) in [5.41, 5.74) is 26.7. The maximum atomic E-state index is 2.52. The van der Waals surface area contributed by atoms with E-state index in [9.17, 15) is 0 Å². The van der Waals surface area contributed by atoms with E-state index in [4.69, 9.17) is 0 Å². The fourth-order valence-electron chi connectivity index (χ4n) is 13.0. The van der Waals surface area contributed by atoms with Crippen molar-refractivity contribution in [3.63, 3.8) is 0 Å². The van der Waals surface area contributed by atoms with E-state index in [1.54, 1.807) is 0 Å². The molecule has 0 bridgehead atoms. The van der Waals surface area contributed by atoms with Gasteiger partial charge in [-0.15, -0.1) is 0 Å². The monoisotopic (exact) mass is 1070 g/mol. The molecule has 0 fully saturated rings. The Morgan fingerprint density at radius 2 is 0.607 bits per heavy atom.